The molecule has 2 amide bonds. The summed E-state index contributed by atoms with van der Waals surface area (Å²) in [5, 5.41) is 4.70. The molecule has 136 valence electrons. The fourth-order valence-electron chi connectivity index (χ4n) is 2.83. The van der Waals surface area contributed by atoms with E-state index >= 15 is 0 Å². The van der Waals surface area contributed by atoms with Crippen LogP contribution in [0.15, 0.2) is 41.8 Å². The molecule has 0 radical (unpaired) electrons. The lowest BCUT2D eigenvalue weighted by atomic mass is 10.1. The number of nitrogens with zero attached hydrogens (tertiary/aromatic N) is 3. The van der Waals surface area contributed by atoms with Crippen LogP contribution in [0.5, 0.6) is 0 Å². The van der Waals surface area contributed by atoms with Crippen molar-refractivity contribution in [2.45, 2.75) is 26.3 Å². The molecule has 0 saturated heterocycles. The standard InChI is InChI=1S/C19H22N4O2S/c1-19(2,3)23-14-9-6-5-8-13(14)20-18(23)21-16(24)12-22(4)17(25)15-10-7-11-26-15/h5-11H,12H2,1-4H3,(H,20,21,24). The number of thiophene rings is 1. The summed E-state index contributed by atoms with van der Waals surface area (Å²) < 4.78 is 2.00. The minimum atomic E-state index is -0.279. The third-order valence-corrected chi connectivity index (χ3v) is 4.80. The van der Waals surface area contributed by atoms with Crippen molar-refractivity contribution in [1.29, 1.82) is 0 Å². The van der Waals surface area contributed by atoms with Crippen LogP contribution >= 0.6 is 11.3 Å². The van der Waals surface area contributed by atoms with Gasteiger partial charge in [0.25, 0.3) is 5.91 Å². The van der Waals surface area contributed by atoms with E-state index in [9.17, 15) is 9.59 Å². The first-order valence-electron chi connectivity index (χ1n) is 8.34. The zero-order chi connectivity index (χ0) is 18.9. The largest absolute Gasteiger partial charge is 0.332 e. The number of carbonyl (C=O) groups is 2. The summed E-state index contributed by atoms with van der Waals surface area (Å²) >= 11 is 1.36. The maximum atomic E-state index is 12.5. The highest BCUT2D eigenvalue weighted by Crippen LogP contribution is 2.27. The first kappa shape index (κ1) is 18.1. The highest BCUT2D eigenvalue weighted by atomic mass is 32.1. The van der Waals surface area contributed by atoms with E-state index in [1.54, 1.807) is 13.1 Å². The number of hydrogen-bond donors (Lipinski definition) is 1. The van der Waals surface area contributed by atoms with Crippen molar-refractivity contribution in [1.82, 2.24) is 14.5 Å². The zero-order valence-corrected chi connectivity index (χ0v) is 16.1. The number of para-hydroxylation sites is 2. The summed E-state index contributed by atoms with van der Waals surface area (Å²) in [5.74, 6) is 0.0401. The quantitative estimate of drug-likeness (QED) is 0.763. The van der Waals surface area contributed by atoms with Crippen LogP contribution in [0, 0.1) is 0 Å². The minimum absolute atomic E-state index is 0.0376. The molecule has 0 bridgehead atoms. The number of hydrogen-bond acceptors (Lipinski definition) is 4. The third-order valence-electron chi connectivity index (χ3n) is 3.94. The van der Waals surface area contributed by atoms with E-state index in [0.29, 0.717) is 10.8 Å². The monoisotopic (exact) mass is 370 g/mol. The Hall–Kier alpha value is -2.67. The van der Waals surface area contributed by atoms with E-state index < -0.39 is 0 Å². The van der Waals surface area contributed by atoms with E-state index in [1.165, 1.54) is 16.2 Å². The number of anilines is 1. The maximum absolute atomic E-state index is 12.5. The maximum Gasteiger partial charge on any atom is 0.264 e. The van der Waals surface area contributed by atoms with Crippen LogP contribution in [0.1, 0.15) is 30.4 Å². The Bertz CT molecular complexity index is 938. The summed E-state index contributed by atoms with van der Waals surface area (Å²) in [6.45, 7) is 6.14. The van der Waals surface area contributed by atoms with Crippen molar-refractivity contribution in [2.75, 3.05) is 18.9 Å². The molecule has 2 aromatic heterocycles. The number of carbonyl (C=O) groups excluding carboxylic acids is 2. The fourth-order valence-corrected chi connectivity index (χ4v) is 3.55. The van der Waals surface area contributed by atoms with Gasteiger partial charge in [-0.2, -0.15) is 0 Å². The molecule has 7 heteroatoms. The first-order valence-corrected chi connectivity index (χ1v) is 9.22. The molecule has 1 N–H and O–H groups in total. The molecule has 6 nitrogen and oxygen atoms in total. The van der Waals surface area contributed by atoms with Crippen molar-refractivity contribution in [3.05, 3.63) is 46.7 Å². The van der Waals surface area contributed by atoms with E-state index in [1.807, 2.05) is 40.3 Å². The summed E-state index contributed by atoms with van der Waals surface area (Å²) in [6.07, 6.45) is 0. The molecule has 3 aromatic rings. The second-order valence-electron chi connectivity index (χ2n) is 7.12. The van der Waals surface area contributed by atoms with Crippen molar-refractivity contribution in [2.24, 2.45) is 0 Å². The summed E-state index contributed by atoms with van der Waals surface area (Å²) in [4.78, 5) is 31.4. The molecule has 0 atom stereocenters. The van der Waals surface area contributed by atoms with E-state index in [-0.39, 0.29) is 23.9 Å². The number of benzene rings is 1. The van der Waals surface area contributed by atoms with Gasteiger partial charge in [-0.05, 0) is 44.4 Å². The Morgan fingerprint density at radius 1 is 1.19 bits per heavy atom. The lowest BCUT2D eigenvalue weighted by Gasteiger charge is -2.25. The van der Waals surface area contributed by atoms with Gasteiger partial charge in [0.2, 0.25) is 11.9 Å². The lowest BCUT2D eigenvalue weighted by molar-refractivity contribution is -0.116. The molecule has 0 aliphatic carbocycles. The van der Waals surface area contributed by atoms with Crippen LogP contribution < -0.4 is 5.32 Å². The molecule has 26 heavy (non-hydrogen) atoms. The van der Waals surface area contributed by atoms with E-state index in [4.69, 9.17) is 0 Å². The highest BCUT2D eigenvalue weighted by Gasteiger charge is 2.23. The Kier molecular flexibility index (Phi) is 4.82. The number of imidazole rings is 1. The third kappa shape index (κ3) is 3.62. The predicted octanol–water partition coefficient (Wildman–Crippen LogP) is 3.56. The first-order chi connectivity index (χ1) is 12.3. The summed E-state index contributed by atoms with van der Waals surface area (Å²) in [5.41, 5.74) is 1.52. The number of fused-ring (bicyclic) bond motifs is 1. The molecule has 3 rings (SSSR count). The summed E-state index contributed by atoms with van der Waals surface area (Å²) in [7, 11) is 1.62. The normalized spacial score (nSPS) is 11.5. The van der Waals surface area contributed by atoms with Gasteiger partial charge in [0.05, 0.1) is 22.5 Å². The number of rotatable bonds is 4. The van der Waals surface area contributed by atoms with Gasteiger partial charge in [-0.3, -0.25) is 14.9 Å². The predicted molar refractivity (Wildman–Crippen MR) is 105 cm³/mol. The van der Waals surface area contributed by atoms with Gasteiger partial charge >= 0.3 is 0 Å². The van der Waals surface area contributed by atoms with Crippen LogP contribution in [0.4, 0.5) is 5.95 Å². The second-order valence-corrected chi connectivity index (χ2v) is 8.06. The highest BCUT2D eigenvalue weighted by molar-refractivity contribution is 7.12. The van der Waals surface area contributed by atoms with Crippen LogP contribution in [-0.2, 0) is 10.3 Å². The molecule has 0 aliphatic rings. The number of likely N-dealkylation sites (N-methyl/N-ethyl adjacent to an activating group) is 1. The van der Waals surface area contributed by atoms with Crippen LogP contribution in [0.3, 0.4) is 0 Å². The molecule has 0 spiro atoms. The molecule has 0 aliphatic heterocycles. The topological polar surface area (TPSA) is 67.2 Å². The molecule has 1 aromatic carbocycles. The molecular formula is C19H22N4O2S. The van der Waals surface area contributed by atoms with Crippen molar-refractivity contribution in [3.8, 4) is 0 Å². The van der Waals surface area contributed by atoms with Gasteiger partial charge in [-0.1, -0.05) is 18.2 Å². The van der Waals surface area contributed by atoms with Gasteiger partial charge in [0, 0.05) is 12.6 Å². The number of amides is 2. The van der Waals surface area contributed by atoms with Gasteiger partial charge < -0.3 is 9.47 Å². The fraction of sp³-hybridized carbons (Fsp3) is 0.316. The van der Waals surface area contributed by atoms with Crippen molar-refractivity contribution >= 4 is 40.1 Å². The van der Waals surface area contributed by atoms with Crippen LogP contribution in [0.2, 0.25) is 0 Å². The van der Waals surface area contributed by atoms with E-state index in [2.05, 4.69) is 31.1 Å². The van der Waals surface area contributed by atoms with Gasteiger partial charge in [-0.25, -0.2) is 4.98 Å². The Balaban J connectivity index is 1.80. The number of nitrogens with one attached hydrogen (secondary N) is 1. The number of aromatic nitrogens is 2. The average molecular weight is 370 g/mol. The molecule has 0 fully saturated rings. The Morgan fingerprint density at radius 2 is 1.92 bits per heavy atom. The smallest absolute Gasteiger partial charge is 0.264 e. The van der Waals surface area contributed by atoms with Gasteiger partial charge in [0.15, 0.2) is 0 Å². The molecule has 0 saturated carbocycles. The minimum Gasteiger partial charge on any atom is -0.332 e. The second kappa shape index (κ2) is 6.92. The Morgan fingerprint density at radius 3 is 2.58 bits per heavy atom. The van der Waals surface area contributed by atoms with Crippen LogP contribution in [0.25, 0.3) is 11.0 Å². The molecule has 2 heterocycles. The van der Waals surface area contributed by atoms with Crippen LogP contribution in [-0.4, -0.2) is 39.9 Å². The van der Waals surface area contributed by atoms with E-state index in [0.717, 1.165) is 11.0 Å². The SMILES string of the molecule is CN(CC(=O)Nc1nc2ccccc2n1C(C)(C)C)C(=O)c1cccs1. The molecule has 0 unspecified atom stereocenters. The van der Waals surface area contributed by atoms with Gasteiger partial charge in [0.1, 0.15) is 0 Å². The van der Waals surface area contributed by atoms with Gasteiger partial charge in [-0.15, -0.1) is 11.3 Å². The van der Waals surface area contributed by atoms with Crippen molar-refractivity contribution in [3.63, 3.8) is 0 Å². The molecular weight excluding hydrogens is 348 g/mol. The summed E-state index contributed by atoms with van der Waals surface area (Å²) in [6, 6.07) is 11.3. The Labute approximate surface area is 156 Å². The zero-order valence-electron chi connectivity index (χ0n) is 15.3. The average Bonchev–Trinajstić information content (AvgIpc) is 3.20. The van der Waals surface area contributed by atoms with Crippen molar-refractivity contribution < 1.29 is 9.59 Å². The lowest BCUT2D eigenvalue weighted by Crippen LogP contribution is -2.35.